The van der Waals surface area contributed by atoms with Gasteiger partial charge in [0.15, 0.2) is 5.82 Å². The van der Waals surface area contributed by atoms with Gasteiger partial charge in [-0.2, -0.15) is 5.10 Å². The molecule has 4 heterocycles. The van der Waals surface area contributed by atoms with E-state index in [1.165, 1.54) is 0 Å². The van der Waals surface area contributed by atoms with Crippen molar-refractivity contribution in [3.8, 4) is 11.3 Å². The summed E-state index contributed by atoms with van der Waals surface area (Å²) in [4.78, 5) is 26.5. The lowest BCUT2D eigenvalue weighted by molar-refractivity contribution is -0.137. The van der Waals surface area contributed by atoms with E-state index in [-0.39, 0.29) is 12.5 Å². The Bertz CT molecular complexity index is 1260. The Balaban J connectivity index is 1.75. The monoisotopic (exact) mass is 496 g/mol. The van der Waals surface area contributed by atoms with E-state index < -0.39 is 11.4 Å². The van der Waals surface area contributed by atoms with Crippen LogP contribution >= 0.6 is 22.6 Å². The first kappa shape index (κ1) is 16.8. The highest BCUT2D eigenvalue weighted by atomic mass is 127. The summed E-state index contributed by atoms with van der Waals surface area (Å²) >= 11 is 2.21. The van der Waals surface area contributed by atoms with Gasteiger partial charge >= 0.3 is 5.97 Å². The van der Waals surface area contributed by atoms with Crippen LogP contribution in [-0.4, -0.2) is 28.7 Å². The lowest BCUT2D eigenvalue weighted by Crippen LogP contribution is -2.43. The third-order valence-electron chi connectivity index (χ3n) is 5.68. The van der Waals surface area contributed by atoms with Gasteiger partial charge in [-0.05, 0) is 46.4 Å². The molecule has 1 atom stereocenters. The van der Waals surface area contributed by atoms with Gasteiger partial charge in [-0.15, -0.1) is 0 Å². The minimum absolute atomic E-state index is 0.0927. The molecule has 8 heteroatoms. The van der Waals surface area contributed by atoms with Crippen LogP contribution in [0.3, 0.4) is 0 Å². The van der Waals surface area contributed by atoms with Crippen molar-refractivity contribution in [1.82, 2.24) is 10.2 Å². The van der Waals surface area contributed by atoms with Crippen LogP contribution in [0, 0.1) is 3.57 Å². The van der Waals surface area contributed by atoms with E-state index in [9.17, 15) is 9.59 Å². The van der Waals surface area contributed by atoms with E-state index in [1.807, 2.05) is 48.5 Å². The number of cyclic esters (lactones) is 1. The second-order valence-corrected chi connectivity index (χ2v) is 8.38. The Morgan fingerprint density at radius 3 is 2.72 bits per heavy atom. The molecule has 3 aliphatic rings. The third kappa shape index (κ3) is 2.04. The number of H-pyrrole nitrogens is 1. The van der Waals surface area contributed by atoms with Gasteiger partial charge in [-0.1, -0.05) is 30.3 Å². The molecule has 1 spiro atoms. The number of esters is 1. The Morgan fingerprint density at radius 2 is 1.90 bits per heavy atom. The summed E-state index contributed by atoms with van der Waals surface area (Å²) in [6.07, 6.45) is 0. The molecule has 142 valence electrons. The third-order valence-corrected chi connectivity index (χ3v) is 6.35. The standard InChI is InChI=1S/C21H13IN4O3/c22-11-6-7-13-12(8-11)21(20(28)24-13)15-14(9-29-19(15)27)23-18-16(21)17(25-26-18)10-4-2-1-3-5-10/h1-8H,9H2,(H,24,28)(H2,23,25,26). The summed E-state index contributed by atoms with van der Waals surface area (Å²) in [6, 6.07) is 15.4. The number of aromatic amines is 1. The van der Waals surface area contributed by atoms with Gasteiger partial charge in [-0.3, -0.25) is 9.89 Å². The zero-order valence-corrected chi connectivity index (χ0v) is 17.0. The molecule has 3 aromatic rings. The summed E-state index contributed by atoms with van der Waals surface area (Å²) in [5.41, 5.74) is 3.23. The highest BCUT2D eigenvalue weighted by Gasteiger charge is 2.61. The molecule has 0 fully saturated rings. The van der Waals surface area contributed by atoms with Gasteiger partial charge in [0, 0.05) is 20.4 Å². The van der Waals surface area contributed by atoms with Crippen LogP contribution < -0.4 is 10.6 Å². The molecule has 0 aliphatic carbocycles. The van der Waals surface area contributed by atoms with Crippen molar-refractivity contribution in [1.29, 1.82) is 0 Å². The number of carbonyl (C=O) groups excluding carboxylic acids is 2. The largest absolute Gasteiger partial charge is 0.456 e. The second kappa shape index (κ2) is 5.69. The van der Waals surface area contributed by atoms with Gasteiger partial charge in [0.25, 0.3) is 0 Å². The number of nitrogens with zero attached hydrogens (tertiary/aromatic N) is 1. The smallest absolute Gasteiger partial charge is 0.338 e. The highest BCUT2D eigenvalue weighted by molar-refractivity contribution is 14.1. The first-order chi connectivity index (χ1) is 14.1. The number of halogens is 1. The fourth-order valence-electron chi connectivity index (χ4n) is 4.53. The molecule has 1 aromatic heterocycles. The van der Waals surface area contributed by atoms with E-state index in [0.29, 0.717) is 34.0 Å². The van der Waals surface area contributed by atoms with Crippen molar-refractivity contribution >= 4 is 46.0 Å². The van der Waals surface area contributed by atoms with Crippen molar-refractivity contribution in [3.05, 3.63) is 74.5 Å². The van der Waals surface area contributed by atoms with Crippen LogP contribution in [0.5, 0.6) is 0 Å². The number of nitrogens with one attached hydrogen (secondary N) is 3. The van der Waals surface area contributed by atoms with Crippen LogP contribution in [0.1, 0.15) is 11.1 Å². The number of benzene rings is 2. The average Bonchev–Trinajstić information content (AvgIpc) is 3.39. The molecule has 0 saturated heterocycles. The fourth-order valence-corrected chi connectivity index (χ4v) is 5.02. The fraction of sp³-hybridized carbons (Fsp3) is 0.0952. The molecular weight excluding hydrogens is 483 g/mol. The summed E-state index contributed by atoms with van der Waals surface area (Å²) < 4.78 is 6.30. The number of ether oxygens (including phenoxy) is 1. The topological polar surface area (TPSA) is 96.1 Å². The predicted molar refractivity (Wildman–Crippen MR) is 114 cm³/mol. The number of fused-ring (bicyclic) bond motifs is 5. The highest BCUT2D eigenvalue weighted by Crippen LogP contribution is 2.56. The molecule has 1 amide bonds. The van der Waals surface area contributed by atoms with Gasteiger partial charge < -0.3 is 15.4 Å². The Labute approximate surface area is 178 Å². The molecule has 1 unspecified atom stereocenters. The maximum absolute atomic E-state index is 13.6. The normalized spacial score (nSPS) is 21.4. The minimum atomic E-state index is -1.32. The molecule has 6 rings (SSSR count). The molecule has 3 aliphatic heterocycles. The molecule has 29 heavy (non-hydrogen) atoms. The van der Waals surface area contributed by atoms with Crippen molar-refractivity contribution in [3.63, 3.8) is 0 Å². The lowest BCUT2D eigenvalue weighted by atomic mass is 9.67. The van der Waals surface area contributed by atoms with E-state index in [4.69, 9.17) is 4.74 Å². The van der Waals surface area contributed by atoms with Crippen molar-refractivity contribution in [2.24, 2.45) is 0 Å². The first-order valence-corrected chi connectivity index (χ1v) is 10.1. The maximum Gasteiger partial charge on any atom is 0.338 e. The zero-order chi connectivity index (χ0) is 19.8. The molecule has 2 aromatic carbocycles. The van der Waals surface area contributed by atoms with Crippen LogP contribution in [0.15, 0.2) is 59.8 Å². The summed E-state index contributed by atoms with van der Waals surface area (Å²) in [6.45, 7) is 0.0927. The lowest BCUT2D eigenvalue weighted by Gasteiger charge is -2.32. The van der Waals surface area contributed by atoms with Crippen LogP contribution in [0.25, 0.3) is 11.3 Å². The van der Waals surface area contributed by atoms with Gasteiger partial charge in [0.05, 0.1) is 17.0 Å². The first-order valence-electron chi connectivity index (χ1n) is 9.04. The van der Waals surface area contributed by atoms with Gasteiger partial charge in [-0.25, -0.2) is 4.79 Å². The van der Waals surface area contributed by atoms with E-state index in [1.54, 1.807) is 0 Å². The van der Waals surface area contributed by atoms with Crippen LogP contribution in [-0.2, 0) is 19.7 Å². The minimum Gasteiger partial charge on any atom is -0.456 e. The van der Waals surface area contributed by atoms with E-state index in [2.05, 4.69) is 43.4 Å². The zero-order valence-electron chi connectivity index (χ0n) is 14.9. The molecule has 0 radical (unpaired) electrons. The molecule has 0 bridgehead atoms. The van der Waals surface area contributed by atoms with E-state index in [0.717, 1.165) is 14.7 Å². The summed E-state index contributed by atoms with van der Waals surface area (Å²) in [5, 5.41) is 13.7. The number of hydrogen-bond donors (Lipinski definition) is 3. The Hall–Kier alpha value is -3.14. The second-order valence-electron chi connectivity index (χ2n) is 7.14. The SMILES string of the molecule is O=C1OCC2=C1C1(C(=O)Nc3ccc(I)cc31)c1c(n[nH]c1-c1ccccc1)N2. The number of rotatable bonds is 1. The van der Waals surface area contributed by atoms with Crippen molar-refractivity contribution in [2.75, 3.05) is 17.2 Å². The Kier molecular flexibility index (Phi) is 3.29. The van der Waals surface area contributed by atoms with Crippen LogP contribution in [0.2, 0.25) is 0 Å². The number of anilines is 2. The maximum atomic E-state index is 13.6. The van der Waals surface area contributed by atoms with Gasteiger partial charge in [0.1, 0.15) is 12.0 Å². The molecule has 3 N–H and O–H groups in total. The van der Waals surface area contributed by atoms with Gasteiger partial charge in [0.2, 0.25) is 5.91 Å². The number of amides is 1. The summed E-state index contributed by atoms with van der Waals surface area (Å²) in [5.74, 6) is -0.231. The Morgan fingerprint density at radius 1 is 1.07 bits per heavy atom. The molecular formula is C21H13IN4O3. The number of carbonyl (C=O) groups is 2. The van der Waals surface area contributed by atoms with Crippen molar-refractivity contribution in [2.45, 2.75) is 5.41 Å². The van der Waals surface area contributed by atoms with E-state index >= 15 is 0 Å². The quantitative estimate of drug-likeness (QED) is 0.356. The van der Waals surface area contributed by atoms with Crippen molar-refractivity contribution < 1.29 is 14.3 Å². The predicted octanol–water partition coefficient (Wildman–Crippen LogP) is 3.16. The number of hydrogen-bond acceptors (Lipinski definition) is 5. The average molecular weight is 496 g/mol. The summed E-state index contributed by atoms with van der Waals surface area (Å²) in [7, 11) is 0. The van der Waals surface area contributed by atoms with Crippen LogP contribution in [0.4, 0.5) is 11.5 Å². The molecule has 7 nitrogen and oxygen atoms in total. The molecule has 0 saturated carbocycles. The number of aromatic nitrogens is 2.